The second kappa shape index (κ2) is 5.40. The lowest BCUT2D eigenvalue weighted by Gasteiger charge is -2.40. The number of hydrogen-bond acceptors (Lipinski definition) is 3. The van der Waals surface area contributed by atoms with E-state index in [1.807, 2.05) is 24.3 Å². The van der Waals surface area contributed by atoms with Crippen molar-refractivity contribution >= 4 is 11.6 Å². The summed E-state index contributed by atoms with van der Waals surface area (Å²) in [6.45, 7) is 0.596. The highest BCUT2D eigenvalue weighted by atomic mass is 16.5. The largest absolute Gasteiger partial charge is 0.497 e. The average molecular weight is 248 g/mol. The zero-order valence-electron chi connectivity index (χ0n) is 10.7. The number of carbonyl (C=O) groups excluding carboxylic acids is 1. The first kappa shape index (κ1) is 12.9. The van der Waals surface area contributed by atoms with Gasteiger partial charge in [-0.3, -0.25) is 4.79 Å². The number of rotatable bonds is 5. The maximum atomic E-state index is 12.0. The standard InChI is InChI=1S/C14H20N2O2/c1-18-12-5-2-4-11(8-12)16-13(17)9-14(10-15)6-3-7-14/h2,4-5,8H,3,6-7,9-10,15H2,1H3,(H,16,17). The van der Waals surface area contributed by atoms with Crippen LogP contribution in [0.4, 0.5) is 5.69 Å². The monoisotopic (exact) mass is 248 g/mol. The number of methoxy groups -OCH3 is 1. The predicted octanol–water partition coefficient (Wildman–Crippen LogP) is 2.15. The van der Waals surface area contributed by atoms with Gasteiger partial charge < -0.3 is 15.8 Å². The van der Waals surface area contributed by atoms with Crippen molar-refractivity contribution in [3.63, 3.8) is 0 Å². The minimum Gasteiger partial charge on any atom is -0.497 e. The minimum absolute atomic E-state index is 0.0356. The van der Waals surface area contributed by atoms with Gasteiger partial charge in [-0.15, -0.1) is 0 Å². The summed E-state index contributed by atoms with van der Waals surface area (Å²) in [7, 11) is 1.61. The molecule has 0 radical (unpaired) electrons. The first-order valence-corrected chi connectivity index (χ1v) is 6.31. The van der Waals surface area contributed by atoms with Gasteiger partial charge in [0.2, 0.25) is 5.91 Å². The van der Waals surface area contributed by atoms with E-state index in [4.69, 9.17) is 10.5 Å². The molecule has 4 nitrogen and oxygen atoms in total. The van der Waals surface area contributed by atoms with E-state index in [2.05, 4.69) is 5.32 Å². The maximum absolute atomic E-state index is 12.0. The minimum atomic E-state index is 0.0356. The molecule has 0 saturated heterocycles. The third kappa shape index (κ3) is 2.82. The zero-order valence-corrected chi connectivity index (χ0v) is 10.7. The van der Waals surface area contributed by atoms with Gasteiger partial charge in [-0.05, 0) is 36.9 Å². The SMILES string of the molecule is COc1cccc(NC(=O)CC2(CN)CCC2)c1. The lowest BCUT2D eigenvalue weighted by atomic mass is 9.66. The highest BCUT2D eigenvalue weighted by Crippen LogP contribution is 2.43. The molecule has 2 rings (SSSR count). The second-order valence-electron chi connectivity index (χ2n) is 5.01. The molecule has 1 saturated carbocycles. The van der Waals surface area contributed by atoms with Crippen molar-refractivity contribution in [1.82, 2.24) is 0 Å². The number of nitrogens with two attached hydrogens (primary N) is 1. The molecule has 1 aromatic rings. The number of carbonyl (C=O) groups is 1. The van der Waals surface area contributed by atoms with Gasteiger partial charge in [0.1, 0.15) is 5.75 Å². The first-order valence-electron chi connectivity index (χ1n) is 6.31. The number of benzene rings is 1. The van der Waals surface area contributed by atoms with Crippen molar-refractivity contribution < 1.29 is 9.53 Å². The molecule has 0 aliphatic heterocycles. The molecular weight excluding hydrogens is 228 g/mol. The van der Waals surface area contributed by atoms with Gasteiger partial charge in [0.15, 0.2) is 0 Å². The van der Waals surface area contributed by atoms with Crippen LogP contribution in [0.1, 0.15) is 25.7 Å². The van der Waals surface area contributed by atoms with Crippen LogP contribution in [-0.2, 0) is 4.79 Å². The molecule has 0 heterocycles. The number of hydrogen-bond donors (Lipinski definition) is 2. The van der Waals surface area contributed by atoms with Crippen LogP contribution < -0.4 is 15.8 Å². The van der Waals surface area contributed by atoms with Gasteiger partial charge in [-0.25, -0.2) is 0 Å². The summed E-state index contributed by atoms with van der Waals surface area (Å²) < 4.78 is 5.12. The molecule has 1 aromatic carbocycles. The van der Waals surface area contributed by atoms with Crippen LogP contribution in [-0.4, -0.2) is 19.6 Å². The highest BCUT2D eigenvalue weighted by Gasteiger charge is 2.37. The first-order chi connectivity index (χ1) is 8.67. The Morgan fingerprint density at radius 3 is 2.83 bits per heavy atom. The van der Waals surface area contributed by atoms with E-state index in [1.54, 1.807) is 7.11 Å². The number of anilines is 1. The summed E-state index contributed by atoms with van der Waals surface area (Å²) in [5, 5.41) is 2.90. The van der Waals surface area contributed by atoms with Crippen molar-refractivity contribution in [3.8, 4) is 5.75 Å². The van der Waals surface area contributed by atoms with Gasteiger partial charge in [-0.2, -0.15) is 0 Å². The van der Waals surface area contributed by atoms with Crippen molar-refractivity contribution in [2.75, 3.05) is 19.0 Å². The Bertz CT molecular complexity index is 422. The van der Waals surface area contributed by atoms with Gasteiger partial charge in [-0.1, -0.05) is 12.5 Å². The van der Waals surface area contributed by atoms with Crippen molar-refractivity contribution in [3.05, 3.63) is 24.3 Å². The fraction of sp³-hybridized carbons (Fsp3) is 0.500. The Morgan fingerprint density at radius 1 is 1.50 bits per heavy atom. The van der Waals surface area contributed by atoms with Gasteiger partial charge in [0.05, 0.1) is 7.11 Å². The van der Waals surface area contributed by atoms with Crippen LogP contribution in [0.5, 0.6) is 5.75 Å². The lowest BCUT2D eigenvalue weighted by molar-refractivity contribution is -0.119. The van der Waals surface area contributed by atoms with Gasteiger partial charge in [0, 0.05) is 18.2 Å². The summed E-state index contributed by atoms with van der Waals surface area (Å²) in [5.41, 5.74) is 6.57. The van der Waals surface area contributed by atoms with E-state index in [1.165, 1.54) is 6.42 Å². The summed E-state index contributed by atoms with van der Waals surface area (Å²) in [5.74, 6) is 0.776. The normalized spacial score (nSPS) is 16.8. The molecule has 1 amide bonds. The van der Waals surface area contributed by atoms with Gasteiger partial charge >= 0.3 is 0 Å². The number of ether oxygens (including phenoxy) is 1. The Balaban J connectivity index is 1.94. The fourth-order valence-corrected chi connectivity index (χ4v) is 2.38. The molecule has 4 heteroatoms. The molecule has 1 aliphatic rings. The molecule has 3 N–H and O–H groups in total. The number of nitrogens with one attached hydrogen (secondary N) is 1. The van der Waals surface area contributed by atoms with E-state index >= 15 is 0 Å². The quantitative estimate of drug-likeness (QED) is 0.839. The van der Waals surface area contributed by atoms with Crippen molar-refractivity contribution in [2.45, 2.75) is 25.7 Å². The van der Waals surface area contributed by atoms with Crippen LogP contribution in [0.15, 0.2) is 24.3 Å². The Hall–Kier alpha value is -1.55. The summed E-state index contributed by atoms with van der Waals surface area (Å²) in [6, 6.07) is 7.38. The van der Waals surface area contributed by atoms with Gasteiger partial charge in [0.25, 0.3) is 0 Å². The van der Waals surface area contributed by atoms with E-state index in [0.717, 1.165) is 24.3 Å². The van der Waals surface area contributed by atoms with Crippen LogP contribution in [0, 0.1) is 5.41 Å². The third-order valence-electron chi connectivity index (χ3n) is 3.74. The maximum Gasteiger partial charge on any atom is 0.224 e. The molecule has 0 aromatic heterocycles. The van der Waals surface area contributed by atoms with Crippen LogP contribution in [0.3, 0.4) is 0 Å². The van der Waals surface area contributed by atoms with Crippen LogP contribution >= 0.6 is 0 Å². The third-order valence-corrected chi connectivity index (χ3v) is 3.74. The molecule has 1 aliphatic carbocycles. The highest BCUT2D eigenvalue weighted by molar-refractivity contribution is 5.91. The molecule has 0 spiro atoms. The Morgan fingerprint density at radius 2 is 2.28 bits per heavy atom. The Kier molecular flexibility index (Phi) is 3.87. The summed E-state index contributed by atoms with van der Waals surface area (Å²) in [6.07, 6.45) is 3.83. The average Bonchev–Trinajstić information content (AvgIpc) is 2.34. The van der Waals surface area contributed by atoms with E-state index < -0.39 is 0 Å². The molecule has 0 unspecified atom stereocenters. The molecule has 1 fully saturated rings. The zero-order chi connectivity index (χ0) is 13.0. The summed E-state index contributed by atoms with van der Waals surface area (Å²) in [4.78, 5) is 12.0. The van der Waals surface area contributed by atoms with E-state index in [0.29, 0.717) is 13.0 Å². The van der Waals surface area contributed by atoms with Crippen LogP contribution in [0.25, 0.3) is 0 Å². The lowest BCUT2D eigenvalue weighted by Crippen LogP contribution is -2.40. The number of amides is 1. The molecule has 0 atom stereocenters. The van der Waals surface area contributed by atoms with Crippen molar-refractivity contribution in [1.29, 1.82) is 0 Å². The van der Waals surface area contributed by atoms with E-state index in [-0.39, 0.29) is 11.3 Å². The molecule has 0 bridgehead atoms. The Labute approximate surface area is 108 Å². The molecular formula is C14H20N2O2. The molecule has 98 valence electrons. The summed E-state index contributed by atoms with van der Waals surface area (Å²) >= 11 is 0. The topological polar surface area (TPSA) is 64.3 Å². The fourth-order valence-electron chi connectivity index (χ4n) is 2.38. The smallest absolute Gasteiger partial charge is 0.224 e. The van der Waals surface area contributed by atoms with E-state index in [9.17, 15) is 4.79 Å². The van der Waals surface area contributed by atoms with Crippen molar-refractivity contribution in [2.24, 2.45) is 11.1 Å². The second-order valence-corrected chi connectivity index (χ2v) is 5.01. The van der Waals surface area contributed by atoms with Crippen LogP contribution in [0.2, 0.25) is 0 Å². The predicted molar refractivity (Wildman–Crippen MR) is 71.6 cm³/mol. The molecule has 18 heavy (non-hydrogen) atoms.